The highest BCUT2D eigenvalue weighted by Gasteiger charge is 2.17. The van der Waals surface area contributed by atoms with E-state index in [0.717, 1.165) is 0 Å². The van der Waals surface area contributed by atoms with Crippen LogP contribution in [0.2, 0.25) is 0 Å². The summed E-state index contributed by atoms with van der Waals surface area (Å²) in [6.45, 7) is 1.31. The van der Waals surface area contributed by atoms with Crippen LogP contribution >= 0.6 is 11.3 Å². The fourth-order valence-electron chi connectivity index (χ4n) is 1.95. The molecule has 0 saturated carbocycles. The highest BCUT2D eigenvalue weighted by Crippen LogP contribution is 2.18. The molecule has 0 aliphatic rings. The Balaban J connectivity index is 2.16. The number of anilines is 1. The van der Waals surface area contributed by atoms with Crippen molar-refractivity contribution in [3.8, 4) is 0 Å². The van der Waals surface area contributed by atoms with Crippen molar-refractivity contribution < 1.29 is 9.59 Å². The Bertz CT molecular complexity index is 641. The zero-order valence-corrected chi connectivity index (χ0v) is 13.4. The van der Waals surface area contributed by atoms with Crippen molar-refractivity contribution in [3.63, 3.8) is 0 Å². The molecule has 0 bridgehead atoms. The summed E-state index contributed by atoms with van der Waals surface area (Å²) in [5.74, 6) is -0.323. The molecule has 22 heavy (non-hydrogen) atoms. The van der Waals surface area contributed by atoms with E-state index in [0.29, 0.717) is 29.9 Å². The second-order valence-corrected chi connectivity index (χ2v) is 5.62. The summed E-state index contributed by atoms with van der Waals surface area (Å²) >= 11 is 1.46. The number of nitrogens with one attached hydrogen (secondary N) is 2. The summed E-state index contributed by atoms with van der Waals surface area (Å²) in [5.41, 5.74) is 1.61. The SMILES string of the molecule is CNCCN(C)C(=O)c1ccccc1NC(=O)c1ccsc1. The molecule has 2 amide bonds. The number of carbonyl (C=O) groups excluding carboxylic acids is 2. The first kappa shape index (κ1) is 16.2. The van der Waals surface area contributed by atoms with E-state index in [-0.39, 0.29) is 11.8 Å². The van der Waals surface area contributed by atoms with E-state index in [1.165, 1.54) is 11.3 Å². The summed E-state index contributed by atoms with van der Waals surface area (Å²) in [4.78, 5) is 26.3. The lowest BCUT2D eigenvalue weighted by molar-refractivity contribution is 0.0798. The first-order valence-corrected chi connectivity index (χ1v) is 7.90. The predicted molar refractivity (Wildman–Crippen MR) is 89.6 cm³/mol. The second-order valence-electron chi connectivity index (χ2n) is 4.84. The molecule has 116 valence electrons. The van der Waals surface area contributed by atoms with Gasteiger partial charge in [-0.25, -0.2) is 0 Å². The molecular formula is C16H19N3O2S. The molecule has 0 radical (unpaired) electrons. The van der Waals surface area contributed by atoms with E-state index >= 15 is 0 Å². The minimum Gasteiger partial charge on any atom is -0.340 e. The molecule has 0 unspecified atom stereocenters. The van der Waals surface area contributed by atoms with Gasteiger partial charge in [0.15, 0.2) is 0 Å². The van der Waals surface area contributed by atoms with Gasteiger partial charge in [0.1, 0.15) is 0 Å². The van der Waals surface area contributed by atoms with Crippen molar-refractivity contribution in [1.29, 1.82) is 0 Å². The number of likely N-dealkylation sites (N-methyl/N-ethyl adjacent to an activating group) is 2. The Morgan fingerprint density at radius 2 is 2.00 bits per heavy atom. The molecule has 2 N–H and O–H groups in total. The Labute approximate surface area is 134 Å². The third kappa shape index (κ3) is 3.93. The minimum absolute atomic E-state index is 0.114. The van der Waals surface area contributed by atoms with Crippen LogP contribution < -0.4 is 10.6 Å². The molecule has 0 aliphatic heterocycles. The number of nitrogens with zero attached hydrogens (tertiary/aromatic N) is 1. The number of rotatable bonds is 6. The summed E-state index contributed by atoms with van der Waals surface area (Å²) in [6.07, 6.45) is 0. The Morgan fingerprint density at radius 1 is 1.23 bits per heavy atom. The van der Waals surface area contributed by atoms with Gasteiger partial charge in [0, 0.05) is 25.5 Å². The average Bonchev–Trinajstić information content (AvgIpc) is 3.07. The van der Waals surface area contributed by atoms with Crippen molar-refractivity contribution in [2.24, 2.45) is 0 Å². The van der Waals surface area contributed by atoms with E-state index in [1.54, 1.807) is 47.7 Å². The summed E-state index contributed by atoms with van der Waals surface area (Å²) < 4.78 is 0. The van der Waals surface area contributed by atoms with Crippen molar-refractivity contribution in [2.45, 2.75) is 0 Å². The number of para-hydroxylation sites is 1. The quantitative estimate of drug-likeness (QED) is 0.859. The van der Waals surface area contributed by atoms with E-state index < -0.39 is 0 Å². The Morgan fingerprint density at radius 3 is 2.68 bits per heavy atom. The van der Waals surface area contributed by atoms with Gasteiger partial charge in [0.2, 0.25) is 0 Å². The number of hydrogen-bond acceptors (Lipinski definition) is 4. The average molecular weight is 317 g/mol. The summed E-state index contributed by atoms with van der Waals surface area (Å²) in [6, 6.07) is 8.81. The first-order valence-electron chi connectivity index (χ1n) is 6.96. The maximum absolute atomic E-state index is 12.5. The van der Waals surface area contributed by atoms with Gasteiger partial charge in [-0.3, -0.25) is 9.59 Å². The molecule has 6 heteroatoms. The largest absolute Gasteiger partial charge is 0.340 e. The minimum atomic E-state index is -0.209. The van der Waals surface area contributed by atoms with Gasteiger partial charge in [0.25, 0.3) is 11.8 Å². The Hall–Kier alpha value is -2.18. The highest BCUT2D eigenvalue weighted by atomic mass is 32.1. The lowest BCUT2D eigenvalue weighted by atomic mass is 10.1. The van der Waals surface area contributed by atoms with Gasteiger partial charge in [-0.15, -0.1) is 0 Å². The second kappa shape index (κ2) is 7.72. The number of thiophene rings is 1. The van der Waals surface area contributed by atoms with Crippen LogP contribution in [0.15, 0.2) is 41.1 Å². The monoisotopic (exact) mass is 317 g/mol. The third-order valence-electron chi connectivity index (χ3n) is 3.23. The smallest absolute Gasteiger partial charge is 0.256 e. The van der Waals surface area contributed by atoms with Gasteiger partial charge in [0.05, 0.1) is 16.8 Å². The van der Waals surface area contributed by atoms with E-state index in [9.17, 15) is 9.59 Å². The lowest BCUT2D eigenvalue weighted by Crippen LogP contribution is -2.33. The van der Waals surface area contributed by atoms with E-state index in [1.807, 2.05) is 12.4 Å². The Kier molecular flexibility index (Phi) is 5.68. The normalized spacial score (nSPS) is 10.3. The molecule has 0 fully saturated rings. The maximum Gasteiger partial charge on any atom is 0.256 e. The topological polar surface area (TPSA) is 61.4 Å². The zero-order chi connectivity index (χ0) is 15.9. The highest BCUT2D eigenvalue weighted by molar-refractivity contribution is 7.08. The standard InChI is InChI=1S/C16H19N3O2S/c1-17-8-9-19(2)16(21)13-5-3-4-6-14(13)18-15(20)12-7-10-22-11-12/h3-7,10-11,17H,8-9H2,1-2H3,(H,18,20). The van der Waals surface area contributed by atoms with E-state index in [4.69, 9.17) is 0 Å². The molecule has 5 nitrogen and oxygen atoms in total. The molecule has 1 aromatic carbocycles. The van der Waals surface area contributed by atoms with Crippen LogP contribution in [0.5, 0.6) is 0 Å². The van der Waals surface area contributed by atoms with Crippen LogP contribution in [0.1, 0.15) is 20.7 Å². The number of benzene rings is 1. The molecule has 1 aromatic heterocycles. The van der Waals surface area contributed by atoms with Gasteiger partial charge in [-0.1, -0.05) is 12.1 Å². The molecule has 0 atom stereocenters. The molecule has 0 saturated heterocycles. The van der Waals surface area contributed by atoms with Crippen LogP contribution in [0, 0.1) is 0 Å². The molecule has 2 rings (SSSR count). The zero-order valence-electron chi connectivity index (χ0n) is 12.6. The van der Waals surface area contributed by atoms with Gasteiger partial charge in [-0.05, 0) is 30.6 Å². The van der Waals surface area contributed by atoms with Crippen LogP contribution in [-0.2, 0) is 0 Å². The molecule has 0 aliphatic carbocycles. The molecular weight excluding hydrogens is 298 g/mol. The van der Waals surface area contributed by atoms with Crippen LogP contribution in [-0.4, -0.2) is 43.9 Å². The van der Waals surface area contributed by atoms with Crippen LogP contribution in [0.25, 0.3) is 0 Å². The fraction of sp³-hybridized carbons (Fsp3) is 0.250. The first-order chi connectivity index (χ1) is 10.6. The number of hydrogen-bond donors (Lipinski definition) is 2. The lowest BCUT2D eigenvalue weighted by Gasteiger charge is -2.19. The fourth-order valence-corrected chi connectivity index (χ4v) is 2.59. The predicted octanol–water partition coefficient (Wildman–Crippen LogP) is 2.29. The number of amides is 2. The van der Waals surface area contributed by atoms with E-state index in [2.05, 4.69) is 10.6 Å². The van der Waals surface area contributed by atoms with Gasteiger partial charge < -0.3 is 15.5 Å². The van der Waals surface area contributed by atoms with Crippen LogP contribution in [0.4, 0.5) is 5.69 Å². The van der Waals surface area contributed by atoms with Crippen molar-refractivity contribution >= 4 is 28.8 Å². The van der Waals surface area contributed by atoms with Crippen molar-refractivity contribution in [1.82, 2.24) is 10.2 Å². The maximum atomic E-state index is 12.5. The molecule has 0 spiro atoms. The third-order valence-corrected chi connectivity index (χ3v) is 3.92. The summed E-state index contributed by atoms with van der Waals surface area (Å²) in [5, 5.41) is 9.44. The van der Waals surface area contributed by atoms with Crippen molar-refractivity contribution in [3.05, 3.63) is 52.2 Å². The number of carbonyl (C=O) groups is 2. The van der Waals surface area contributed by atoms with Crippen LogP contribution in [0.3, 0.4) is 0 Å². The van der Waals surface area contributed by atoms with Gasteiger partial charge >= 0.3 is 0 Å². The summed E-state index contributed by atoms with van der Waals surface area (Å²) in [7, 11) is 3.59. The molecule has 1 heterocycles. The molecule has 2 aromatic rings. The van der Waals surface area contributed by atoms with Crippen molar-refractivity contribution in [2.75, 3.05) is 32.5 Å². The van der Waals surface area contributed by atoms with Gasteiger partial charge in [-0.2, -0.15) is 11.3 Å².